The van der Waals surface area contributed by atoms with Gasteiger partial charge in [0.2, 0.25) is 11.8 Å². The molecule has 6 heteroatoms. The predicted octanol–water partition coefficient (Wildman–Crippen LogP) is -0.508. The third-order valence-electron chi connectivity index (χ3n) is 2.45. The summed E-state index contributed by atoms with van der Waals surface area (Å²) in [5, 5.41) is 13.8. The molecule has 1 rings (SSSR count). The Balaban J connectivity index is 2.33. The van der Waals surface area contributed by atoms with Crippen molar-refractivity contribution in [2.75, 3.05) is 6.54 Å². The average Bonchev–Trinajstić information content (AvgIpc) is 2.97. The molecule has 16 heavy (non-hydrogen) atoms. The van der Waals surface area contributed by atoms with E-state index >= 15 is 0 Å². The molecule has 0 bridgehead atoms. The Morgan fingerprint density at radius 1 is 1.31 bits per heavy atom. The highest BCUT2D eigenvalue weighted by molar-refractivity contribution is 6.02. The molecule has 1 saturated carbocycles. The Morgan fingerprint density at radius 2 is 1.88 bits per heavy atom. The molecule has 0 radical (unpaired) electrons. The maximum Gasteiger partial charge on any atom is 0.318 e. The van der Waals surface area contributed by atoms with Crippen molar-refractivity contribution in [1.29, 1.82) is 0 Å². The van der Waals surface area contributed by atoms with E-state index in [1.54, 1.807) is 0 Å². The number of carboxylic acid groups (broad SMARTS) is 1. The van der Waals surface area contributed by atoms with Gasteiger partial charge in [-0.25, -0.2) is 0 Å². The molecule has 1 aliphatic rings. The first-order valence-corrected chi connectivity index (χ1v) is 5.15. The van der Waals surface area contributed by atoms with Crippen LogP contribution >= 0.6 is 0 Å². The number of hydrogen-bond acceptors (Lipinski definition) is 3. The van der Waals surface area contributed by atoms with Crippen LogP contribution in [0.4, 0.5) is 0 Å². The van der Waals surface area contributed by atoms with E-state index < -0.39 is 17.3 Å². The third-order valence-corrected chi connectivity index (χ3v) is 2.45. The summed E-state index contributed by atoms with van der Waals surface area (Å²) in [5.74, 6) is -2.16. The number of carboxylic acids is 1. The minimum absolute atomic E-state index is 0.175. The average molecular weight is 228 g/mol. The summed E-state index contributed by atoms with van der Waals surface area (Å²) in [6.07, 6.45) is 1.95. The Bertz CT molecular complexity index is 321. The monoisotopic (exact) mass is 228 g/mol. The zero-order valence-corrected chi connectivity index (χ0v) is 9.37. The van der Waals surface area contributed by atoms with Crippen LogP contribution in [0.3, 0.4) is 0 Å². The highest BCUT2D eigenvalue weighted by atomic mass is 16.4. The number of amides is 2. The number of nitrogens with one attached hydrogen (secondary N) is 2. The van der Waals surface area contributed by atoms with Crippen LogP contribution in [0.25, 0.3) is 0 Å². The normalized spacial score (nSPS) is 15.4. The molecule has 90 valence electrons. The van der Waals surface area contributed by atoms with Crippen molar-refractivity contribution in [3.63, 3.8) is 0 Å². The van der Waals surface area contributed by atoms with E-state index in [0.717, 1.165) is 12.8 Å². The van der Waals surface area contributed by atoms with Gasteiger partial charge in [0.05, 0.1) is 6.54 Å². The maximum absolute atomic E-state index is 11.4. The second kappa shape index (κ2) is 4.51. The van der Waals surface area contributed by atoms with Crippen molar-refractivity contribution >= 4 is 17.8 Å². The molecular formula is C10H16N2O4. The van der Waals surface area contributed by atoms with Gasteiger partial charge in [0.15, 0.2) is 0 Å². The van der Waals surface area contributed by atoms with Crippen LogP contribution in [0.5, 0.6) is 0 Å². The van der Waals surface area contributed by atoms with Gasteiger partial charge in [0, 0.05) is 6.04 Å². The van der Waals surface area contributed by atoms with Crippen LogP contribution in [0, 0.1) is 5.41 Å². The van der Waals surface area contributed by atoms with E-state index in [2.05, 4.69) is 10.6 Å². The van der Waals surface area contributed by atoms with Crippen LogP contribution in [0.2, 0.25) is 0 Å². The lowest BCUT2D eigenvalue weighted by Crippen LogP contribution is -2.46. The van der Waals surface area contributed by atoms with Crippen molar-refractivity contribution in [3.05, 3.63) is 0 Å². The Labute approximate surface area is 93.4 Å². The summed E-state index contributed by atoms with van der Waals surface area (Å²) >= 11 is 0. The molecule has 0 atom stereocenters. The first-order chi connectivity index (χ1) is 7.34. The molecule has 3 N–H and O–H groups in total. The summed E-state index contributed by atoms with van der Waals surface area (Å²) in [4.78, 5) is 33.4. The quantitative estimate of drug-likeness (QED) is 0.552. The number of rotatable bonds is 5. The van der Waals surface area contributed by atoms with Gasteiger partial charge < -0.3 is 15.7 Å². The van der Waals surface area contributed by atoms with E-state index in [4.69, 9.17) is 5.11 Å². The summed E-state index contributed by atoms with van der Waals surface area (Å²) in [5.41, 5.74) is -1.51. The fraction of sp³-hybridized carbons (Fsp3) is 0.700. The van der Waals surface area contributed by atoms with Gasteiger partial charge in [-0.05, 0) is 26.7 Å². The lowest BCUT2D eigenvalue weighted by molar-refractivity contribution is -0.153. The van der Waals surface area contributed by atoms with Gasteiger partial charge in [-0.1, -0.05) is 0 Å². The van der Waals surface area contributed by atoms with Crippen molar-refractivity contribution in [1.82, 2.24) is 10.6 Å². The van der Waals surface area contributed by atoms with E-state index in [0.29, 0.717) is 0 Å². The molecule has 0 unspecified atom stereocenters. The second-order valence-corrected chi connectivity index (χ2v) is 4.45. The van der Waals surface area contributed by atoms with Crippen LogP contribution in [0.1, 0.15) is 26.7 Å². The molecule has 2 amide bonds. The van der Waals surface area contributed by atoms with E-state index in [-0.39, 0.29) is 18.5 Å². The Morgan fingerprint density at radius 3 is 2.31 bits per heavy atom. The van der Waals surface area contributed by atoms with Gasteiger partial charge in [0.1, 0.15) is 5.41 Å². The number of carbonyl (C=O) groups is 3. The molecular weight excluding hydrogens is 212 g/mol. The summed E-state index contributed by atoms with van der Waals surface area (Å²) < 4.78 is 0. The number of aliphatic carboxylic acids is 1. The molecule has 0 aromatic heterocycles. The molecule has 0 heterocycles. The smallest absolute Gasteiger partial charge is 0.318 e. The molecule has 0 aromatic carbocycles. The molecule has 0 aromatic rings. The molecule has 0 spiro atoms. The van der Waals surface area contributed by atoms with Crippen LogP contribution < -0.4 is 10.6 Å². The predicted molar refractivity (Wildman–Crippen MR) is 55.6 cm³/mol. The van der Waals surface area contributed by atoms with Gasteiger partial charge in [-0.15, -0.1) is 0 Å². The molecule has 1 aliphatic carbocycles. The molecule has 6 nitrogen and oxygen atoms in total. The summed E-state index contributed by atoms with van der Waals surface area (Å²) in [6.45, 7) is 2.42. The number of carbonyl (C=O) groups excluding carboxylic acids is 2. The fourth-order valence-electron chi connectivity index (χ4n) is 0.985. The zero-order valence-electron chi connectivity index (χ0n) is 9.37. The Hall–Kier alpha value is -1.59. The molecule has 0 saturated heterocycles. The van der Waals surface area contributed by atoms with Gasteiger partial charge >= 0.3 is 5.97 Å². The topological polar surface area (TPSA) is 95.5 Å². The fourth-order valence-corrected chi connectivity index (χ4v) is 0.985. The van der Waals surface area contributed by atoms with Gasteiger partial charge in [0.25, 0.3) is 0 Å². The zero-order chi connectivity index (χ0) is 12.3. The lowest BCUT2D eigenvalue weighted by atomic mass is 9.93. The largest absolute Gasteiger partial charge is 0.480 e. The highest BCUT2D eigenvalue weighted by Gasteiger charge is 2.36. The van der Waals surface area contributed by atoms with Crippen molar-refractivity contribution < 1.29 is 19.5 Å². The second-order valence-electron chi connectivity index (χ2n) is 4.45. The van der Waals surface area contributed by atoms with Crippen LogP contribution in [-0.4, -0.2) is 35.5 Å². The van der Waals surface area contributed by atoms with Crippen molar-refractivity contribution in [2.45, 2.75) is 32.7 Å². The van der Waals surface area contributed by atoms with Gasteiger partial charge in [-0.3, -0.25) is 14.4 Å². The van der Waals surface area contributed by atoms with Crippen molar-refractivity contribution in [3.8, 4) is 0 Å². The first-order valence-electron chi connectivity index (χ1n) is 5.15. The minimum atomic E-state index is -1.51. The van der Waals surface area contributed by atoms with Crippen LogP contribution in [-0.2, 0) is 14.4 Å². The summed E-state index contributed by atoms with van der Waals surface area (Å²) in [6, 6.07) is 0.233. The first kappa shape index (κ1) is 12.5. The van der Waals surface area contributed by atoms with Crippen LogP contribution in [0.15, 0.2) is 0 Å². The van der Waals surface area contributed by atoms with E-state index in [1.165, 1.54) is 13.8 Å². The minimum Gasteiger partial charge on any atom is -0.480 e. The SMILES string of the molecule is CC(C)(C(=O)O)C(=O)NCC(=O)NC1CC1. The molecule has 0 aliphatic heterocycles. The Kier molecular flexibility index (Phi) is 3.51. The van der Waals surface area contributed by atoms with E-state index in [9.17, 15) is 14.4 Å². The number of hydrogen-bond donors (Lipinski definition) is 3. The third kappa shape index (κ3) is 3.22. The van der Waals surface area contributed by atoms with Crippen molar-refractivity contribution in [2.24, 2.45) is 5.41 Å². The van der Waals surface area contributed by atoms with Gasteiger partial charge in [-0.2, -0.15) is 0 Å². The molecule has 1 fully saturated rings. The lowest BCUT2D eigenvalue weighted by Gasteiger charge is -2.18. The maximum atomic E-state index is 11.4. The summed E-state index contributed by atoms with van der Waals surface area (Å²) in [7, 11) is 0. The standard InChI is InChI=1S/C10H16N2O4/c1-10(2,9(15)16)8(14)11-5-7(13)12-6-3-4-6/h6H,3-5H2,1-2H3,(H,11,14)(H,12,13)(H,15,16). The van der Waals surface area contributed by atoms with E-state index in [1.807, 2.05) is 0 Å². The highest BCUT2D eigenvalue weighted by Crippen LogP contribution is 2.18.